The summed E-state index contributed by atoms with van der Waals surface area (Å²) in [6, 6.07) is 0. The molecule has 0 aromatic heterocycles. The maximum atomic E-state index is 8.85. The third kappa shape index (κ3) is 3.72. The van der Waals surface area contributed by atoms with E-state index in [9.17, 15) is 0 Å². The molecule has 0 aromatic carbocycles. The molecule has 0 fully saturated rings. The van der Waals surface area contributed by atoms with Crippen LogP contribution in [-0.2, 0) is 0 Å². The third-order valence-corrected chi connectivity index (χ3v) is 1.12. The van der Waals surface area contributed by atoms with Crippen LogP contribution < -0.4 is 0 Å². The molecule has 0 aromatic rings. The Kier molecular flexibility index (Phi) is 4.42. The monoisotopic (exact) mass is 114 g/mol. The molecule has 0 unspecified atom stereocenters. The molecule has 1 heteroatoms. The molecular formula is C7H14O. The van der Waals surface area contributed by atoms with Crippen LogP contribution in [0.15, 0.2) is 11.8 Å². The lowest BCUT2D eigenvalue weighted by molar-refractivity contribution is 0.382. The fraction of sp³-hybridized carbons (Fsp3) is 0.714. The van der Waals surface area contributed by atoms with Gasteiger partial charge in [0, 0.05) is 6.42 Å². The Hall–Kier alpha value is -0.460. The number of aliphatic hydroxyl groups excluding tert-OH is 1. The summed E-state index contributed by atoms with van der Waals surface area (Å²) in [5.74, 6) is 0.520. The van der Waals surface area contributed by atoms with Crippen molar-refractivity contribution >= 4 is 0 Å². The molecule has 0 rings (SSSR count). The predicted molar refractivity (Wildman–Crippen MR) is 35.9 cm³/mol. The Morgan fingerprint density at radius 2 is 2.25 bits per heavy atom. The quantitative estimate of drug-likeness (QED) is 0.559. The molecule has 48 valence electrons. The van der Waals surface area contributed by atoms with Crippen molar-refractivity contribution in [3.05, 3.63) is 11.8 Å². The van der Waals surface area contributed by atoms with E-state index in [1.54, 1.807) is 6.08 Å². The zero-order valence-corrected chi connectivity index (χ0v) is 5.65. The normalized spacial score (nSPS) is 12.0. The molecule has 0 spiro atoms. The molecule has 0 saturated heterocycles. The first-order valence-electron chi connectivity index (χ1n) is 3.15. The minimum atomic E-state index is 0.520. The Morgan fingerprint density at radius 1 is 1.62 bits per heavy atom. The van der Waals surface area contributed by atoms with E-state index in [0.29, 0.717) is 5.76 Å². The Labute approximate surface area is 51.0 Å². The van der Waals surface area contributed by atoms with Gasteiger partial charge in [-0.3, -0.25) is 0 Å². The maximum absolute atomic E-state index is 8.85. The molecule has 0 aliphatic rings. The van der Waals surface area contributed by atoms with Crippen molar-refractivity contribution in [2.24, 2.45) is 0 Å². The van der Waals surface area contributed by atoms with Gasteiger partial charge in [0.05, 0.1) is 5.76 Å². The molecule has 0 radical (unpaired) electrons. The van der Waals surface area contributed by atoms with Gasteiger partial charge in [0.25, 0.3) is 0 Å². The Bertz CT molecular complexity index is 74.5. The van der Waals surface area contributed by atoms with Gasteiger partial charge in [-0.15, -0.1) is 0 Å². The standard InChI is InChI=1S/C7H14O/c1-3-5-6-7(8)4-2/h4,8H,3,5-6H2,1-2H3. The van der Waals surface area contributed by atoms with E-state index in [4.69, 9.17) is 5.11 Å². The smallest absolute Gasteiger partial charge is 0.0880 e. The summed E-state index contributed by atoms with van der Waals surface area (Å²) in [5.41, 5.74) is 0. The van der Waals surface area contributed by atoms with Crippen LogP contribution >= 0.6 is 0 Å². The van der Waals surface area contributed by atoms with Crippen LogP contribution in [0.1, 0.15) is 33.1 Å². The first-order valence-corrected chi connectivity index (χ1v) is 3.15. The predicted octanol–water partition coefficient (Wildman–Crippen LogP) is 2.64. The van der Waals surface area contributed by atoms with Crippen molar-refractivity contribution in [2.75, 3.05) is 0 Å². The van der Waals surface area contributed by atoms with Gasteiger partial charge in [-0.05, 0) is 19.4 Å². The second kappa shape index (κ2) is 4.69. The SMILES string of the molecule is CC=C(O)CCCC. The number of allylic oxidation sites excluding steroid dienone is 2. The second-order valence-corrected chi connectivity index (χ2v) is 1.88. The van der Waals surface area contributed by atoms with Crippen LogP contribution in [0.25, 0.3) is 0 Å². The zero-order valence-electron chi connectivity index (χ0n) is 5.65. The maximum Gasteiger partial charge on any atom is 0.0880 e. The van der Waals surface area contributed by atoms with Crippen molar-refractivity contribution in [1.82, 2.24) is 0 Å². The lowest BCUT2D eigenvalue weighted by Crippen LogP contribution is -1.78. The van der Waals surface area contributed by atoms with E-state index in [0.717, 1.165) is 19.3 Å². The summed E-state index contributed by atoms with van der Waals surface area (Å²) in [7, 11) is 0. The molecule has 0 bridgehead atoms. The van der Waals surface area contributed by atoms with Crippen molar-refractivity contribution in [3.63, 3.8) is 0 Å². The summed E-state index contributed by atoms with van der Waals surface area (Å²) in [5, 5.41) is 8.85. The first kappa shape index (κ1) is 7.54. The van der Waals surface area contributed by atoms with E-state index >= 15 is 0 Å². The molecule has 0 saturated carbocycles. The molecule has 1 N–H and O–H groups in total. The van der Waals surface area contributed by atoms with E-state index in [-0.39, 0.29) is 0 Å². The van der Waals surface area contributed by atoms with Gasteiger partial charge in [0.15, 0.2) is 0 Å². The van der Waals surface area contributed by atoms with Crippen LogP contribution in [0.2, 0.25) is 0 Å². The van der Waals surface area contributed by atoms with Gasteiger partial charge < -0.3 is 5.11 Å². The molecule has 0 aliphatic carbocycles. The fourth-order valence-corrected chi connectivity index (χ4v) is 0.502. The highest BCUT2D eigenvalue weighted by atomic mass is 16.3. The highest BCUT2D eigenvalue weighted by molar-refractivity contribution is 4.86. The molecule has 1 nitrogen and oxygen atoms in total. The molecular weight excluding hydrogens is 100 g/mol. The lowest BCUT2D eigenvalue weighted by atomic mass is 10.2. The van der Waals surface area contributed by atoms with Crippen LogP contribution in [-0.4, -0.2) is 5.11 Å². The van der Waals surface area contributed by atoms with Crippen LogP contribution in [0, 0.1) is 0 Å². The van der Waals surface area contributed by atoms with Crippen LogP contribution in [0.3, 0.4) is 0 Å². The minimum absolute atomic E-state index is 0.520. The number of rotatable bonds is 3. The summed E-state index contributed by atoms with van der Waals surface area (Å²) >= 11 is 0. The van der Waals surface area contributed by atoms with Gasteiger partial charge in [-0.1, -0.05) is 13.3 Å². The highest BCUT2D eigenvalue weighted by Gasteiger charge is 1.86. The zero-order chi connectivity index (χ0) is 6.41. The molecule has 0 atom stereocenters. The summed E-state index contributed by atoms with van der Waals surface area (Å²) < 4.78 is 0. The molecule has 8 heavy (non-hydrogen) atoms. The van der Waals surface area contributed by atoms with E-state index < -0.39 is 0 Å². The van der Waals surface area contributed by atoms with Gasteiger partial charge in [0.1, 0.15) is 0 Å². The Balaban J connectivity index is 3.12. The van der Waals surface area contributed by atoms with E-state index in [1.165, 1.54) is 0 Å². The highest BCUT2D eigenvalue weighted by Crippen LogP contribution is 2.01. The van der Waals surface area contributed by atoms with Crippen molar-refractivity contribution in [3.8, 4) is 0 Å². The van der Waals surface area contributed by atoms with E-state index in [1.807, 2.05) is 6.92 Å². The number of hydrogen-bond donors (Lipinski definition) is 1. The summed E-state index contributed by atoms with van der Waals surface area (Å²) in [6.07, 6.45) is 4.83. The van der Waals surface area contributed by atoms with Gasteiger partial charge in [-0.25, -0.2) is 0 Å². The van der Waals surface area contributed by atoms with Gasteiger partial charge in [0.2, 0.25) is 0 Å². The van der Waals surface area contributed by atoms with Crippen LogP contribution in [0.5, 0.6) is 0 Å². The number of unbranched alkanes of at least 4 members (excludes halogenated alkanes) is 1. The van der Waals surface area contributed by atoms with Crippen molar-refractivity contribution in [1.29, 1.82) is 0 Å². The summed E-state index contributed by atoms with van der Waals surface area (Å²) in [4.78, 5) is 0. The lowest BCUT2D eigenvalue weighted by Gasteiger charge is -1.93. The number of aliphatic hydroxyl groups is 1. The van der Waals surface area contributed by atoms with Gasteiger partial charge in [-0.2, -0.15) is 0 Å². The first-order chi connectivity index (χ1) is 3.81. The van der Waals surface area contributed by atoms with Gasteiger partial charge >= 0.3 is 0 Å². The average molecular weight is 114 g/mol. The Morgan fingerprint density at radius 3 is 2.62 bits per heavy atom. The van der Waals surface area contributed by atoms with Crippen molar-refractivity contribution < 1.29 is 5.11 Å². The second-order valence-electron chi connectivity index (χ2n) is 1.88. The largest absolute Gasteiger partial charge is 0.513 e. The summed E-state index contributed by atoms with van der Waals surface area (Å²) in [6.45, 7) is 3.97. The topological polar surface area (TPSA) is 20.2 Å². The van der Waals surface area contributed by atoms with Crippen molar-refractivity contribution in [2.45, 2.75) is 33.1 Å². The van der Waals surface area contributed by atoms with Crippen LogP contribution in [0.4, 0.5) is 0 Å². The molecule has 0 heterocycles. The fourth-order valence-electron chi connectivity index (χ4n) is 0.502. The van der Waals surface area contributed by atoms with E-state index in [2.05, 4.69) is 6.92 Å². The average Bonchev–Trinajstić information content (AvgIpc) is 1.83. The molecule has 0 aliphatic heterocycles. The minimum Gasteiger partial charge on any atom is -0.513 e. The molecule has 0 amide bonds. The number of hydrogen-bond acceptors (Lipinski definition) is 1. The third-order valence-electron chi connectivity index (χ3n) is 1.12.